The molecule has 0 spiro atoms. The van der Waals surface area contributed by atoms with Crippen molar-refractivity contribution in [3.63, 3.8) is 0 Å². The molecular formula is C14H25ClN2O. The normalized spacial score (nSPS) is 31.4. The summed E-state index contributed by atoms with van der Waals surface area (Å²) in [6, 6.07) is 0. The van der Waals surface area contributed by atoms with Crippen molar-refractivity contribution >= 4 is 18.3 Å². The van der Waals surface area contributed by atoms with Gasteiger partial charge in [-0.15, -0.1) is 12.4 Å². The summed E-state index contributed by atoms with van der Waals surface area (Å²) in [5.41, 5.74) is 0. The van der Waals surface area contributed by atoms with Gasteiger partial charge in [-0.2, -0.15) is 0 Å². The van der Waals surface area contributed by atoms with E-state index in [0.29, 0.717) is 5.91 Å². The van der Waals surface area contributed by atoms with Gasteiger partial charge in [0.25, 0.3) is 0 Å². The first kappa shape index (κ1) is 14.1. The number of hydrogen-bond acceptors (Lipinski definition) is 2. The molecular weight excluding hydrogens is 248 g/mol. The third-order valence-corrected chi connectivity index (χ3v) is 4.98. The maximum Gasteiger partial charge on any atom is 0.222 e. The predicted octanol–water partition coefficient (Wildman–Crippen LogP) is 2.06. The Kier molecular flexibility index (Phi) is 4.91. The summed E-state index contributed by atoms with van der Waals surface area (Å²) in [4.78, 5) is 14.3. The maximum atomic E-state index is 12.1. The minimum Gasteiger partial charge on any atom is -0.342 e. The summed E-state index contributed by atoms with van der Waals surface area (Å²) in [5.74, 6) is 2.75. The Bertz CT molecular complexity index is 280. The second-order valence-electron chi connectivity index (χ2n) is 6.17. The number of carbonyl (C=O) groups is 1. The van der Waals surface area contributed by atoms with Crippen molar-refractivity contribution < 1.29 is 4.79 Å². The van der Waals surface area contributed by atoms with Gasteiger partial charge in [0.1, 0.15) is 0 Å². The summed E-state index contributed by atoms with van der Waals surface area (Å²) in [5, 5.41) is 3.42. The van der Waals surface area contributed by atoms with E-state index in [1.807, 2.05) is 0 Å². The Labute approximate surface area is 116 Å². The second-order valence-corrected chi connectivity index (χ2v) is 6.17. The summed E-state index contributed by atoms with van der Waals surface area (Å²) in [6.07, 6.45) is 7.45. The number of halogens is 1. The van der Waals surface area contributed by atoms with Crippen LogP contribution in [0.25, 0.3) is 0 Å². The zero-order valence-corrected chi connectivity index (χ0v) is 11.9. The number of fused-ring (bicyclic) bond motifs is 1. The SMILES string of the molecule is Cl.O=C(CCC1CCCC1)N1C[C@H]2CNC[C@H]2C1. The van der Waals surface area contributed by atoms with Crippen LogP contribution in [-0.4, -0.2) is 37.0 Å². The highest BCUT2D eigenvalue weighted by Crippen LogP contribution is 2.30. The summed E-state index contributed by atoms with van der Waals surface area (Å²) < 4.78 is 0. The Balaban J connectivity index is 0.00000120. The summed E-state index contributed by atoms with van der Waals surface area (Å²) in [6.45, 7) is 4.27. The summed E-state index contributed by atoms with van der Waals surface area (Å²) >= 11 is 0. The standard InChI is InChI=1S/C14H24N2O.ClH/c17-14(6-5-11-3-1-2-4-11)16-9-12-7-15-8-13(12)10-16;/h11-13,15H,1-10H2;1H/t12-,13+;. The van der Waals surface area contributed by atoms with Crippen molar-refractivity contribution in [2.24, 2.45) is 17.8 Å². The van der Waals surface area contributed by atoms with E-state index in [4.69, 9.17) is 0 Å². The molecule has 1 N–H and O–H groups in total. The molecule has 1 aliphatic carbocycles. The maximum absolute atomic E-state index is 12.1. The first-order valence-corrected chi connectivity index (χ1v) is 7.31. The molecule has 0 unspecified atom stereocenters. The number of hydrogen-bond donors (Lipinski definition) is 1. The molecule has 3 aliphatic rings. The van der Waals surface area contributed by atoms with Gasteiger partial charge in [-0.3, -0.25) is 4.79 Å². The lowest BCUT2D eigenvalue weighted by molar-refractivity contribution is -0.130. The van der Waals surface area contributed by atoms with Crippen LogP contribution >= 0.6 is 12.4 Å². The molecule has 3 fully saturated rings. The van der Waals surface area contributed by atoms with Gasteiger partial charge in [0, 0.05) is 32.6 Å². The summed E-state index contributed by atoms with van der Waals surface area (Å²) in [7, 11) is 0. The lowest BCUT2D eigenvalue weighted by atomic mass is 10.0. The quantitative estimate of drug-likeness (QED) is 0.853. The molecule has 0 radical (unpaired) electrons. The van der Waals surface area contributed by atoms with Crippen LogP contribution in [0.4, 0.5) is 0 Å². The Morgan fingerprint density at radius 3 is 2.33 bits per heavy atom. The van der Waals surface area contributed by atoms with E-state index in [1.54, 1.807) is 0 Å². The predicted molar refractivity (Wildman–Crippen MR) is 74.9 cm³/mol. The van der Waals surface area contributed by atoms with E-state index in [9.17, 15) is 4.79 Å². The second kappa shape index (κ2) is 6.25. The fourth-order valence-electron chi connectivity index (χ4n) is 3.84. The highest BCUT2D eigenvalue weighted by molar-refractivity contribution is 5.85. The van der Waals surface area contributed by atoms with Gasteiger partial charge in [0.15, 0.2) is 0 Å². The number of nitrogens with one attached hydrogen (secondary N) is 1. The fourth-order valence-corrected chi connectivity index (χ4v) is 3.84. The molecule has 2 atom stereocenters. The van der Waals surface area contributed by atoms with Crippen molar-refractivity contribution in [2.75, 3.05) is 26.2 Å². The first-order valence-electron chi connectivity index (χ1n) is 7.31. The molecule has 0 aromatic rings. The third kappa shape index (κ3) is 3.00. The highest BCUT2D eigenvalue weighted by Gasteiger charge is 2.37. The minimum atomic E-state index is 0. The molecule has 0 aromatic heterocycles. The number of amides is 1. The van der Waals surface area contributed by atoms with E-state index >= 15 is 0 Å². The first-order chi connectivity index (χ1) is 8.33. The Morgan fingerprint density at radius 2 is 1.72 bits per heavy atom. The van der Waals surface area contributed by atoms with Gasteiger partial charge in [0.05, 0.1) is 0 Å². The topological polar surface area (TPSA) is 32.3 Å². The monoisotopic (exact) mass is 272 g/mol. The van der Waals surface area contributed by atoms with Crippen LogP contribution in [0.2, 0.25) is 0 Å². The molecule has 2 aliphatic heterocycles. The highest BCUT2D eigenvalue weighted by atomic mass is 35.5. The molecule has 0 bridgehead atoms. The fraction of sp³-hybridized carbons (Fsp3) is 0.929. The lowest BCUT2D eigenvalue weighted by Gasteiger charge is -2.18. The van der Waals surface area contributed by atoms with E-state index < -0.39 is 0 Å². The Hall–Kier alpha value is -0.280. The van der Waals surface area contributed by atoms with Crippen LogP contribution in [-0.2, 0) is 4.79 Å². The lowest BCUT2D eigenvalue weighted by Crippen LogP contribution is -2.31. The molecule has 3 rings (SSSR count). The number of carbonyl (C=O) groups excluding carboxylic acids is 1. The molecule has 104 valence electrons. The van der Waals surface area contributed by atoms with E-state index in [2.05, 4.69) is 10.2 Å². The Morgan fingerprint density at radius 1 is 1.11 bits per heavy atom. The van der Waals surface area contributed by atoms with Crippen LogP contribution in [0.5, 0.6) is 0 Å². The van der Waals surface area contributed by atoms with Crippen LogP contribution in [0.1, 0.15) is 38.5 Å². The van der Waals surface area contributed by atoms with Gasteiger partial charge < -0.3 is 10.2 Å². The van der Waals surface area contributed by atoms with Crippen molar-refractivity contribution in [3.05, 3.63) is 0 Å². The molecule has 1 saturated carbocycles. The van der Waals surface area contributed by atoms with Gasteiger partial charge in [-0.1, -0.05) is 25.7 Å². The van der Waals surface area contributed by atoms with Crippen LogP contribution in [0, 0.1) is 17.8 Å². The minimum absolute atomic E-state index is 0. The van der Waals surface area contributed by atoms with E-state index in [1.165, 1.54) is 25.7 Å². The number of nitrogens with zero attached hydrogens (tertiary/aromatic N) is 1. The average molecular weight is 273 g/mol. The van der Waals surface area contributed by atoms with Crippen LogP contribution < -0.4 is 5.32 Å². The van der Waals surface area contributed by atoms with Crippen molar-refractivity contribution in [3.8, 4) is 0 Å². The third-order valence-electron chi connectivity index (χ3n) is 4.98. The smallest absolute Gasteiger partial charge is 0.222 e. The van der Waals surface area contributed by atoms with Crippen molar-refractivity contribution in [1.82, 2.24) is 10.2 Å². The molecule has 1 amide bonds. The van der Waals surface area contributed by atoms with Gasteiger partial charge >= 0.3 is 0 Å². The zero-order chi connectivity index (χ0) is 11.7. The number of likely N-dealkylation sites (tertiary alicyclic amines) is 1. The molecule has 18 heavy (non-hydrogen) atoms. The zero-order valence-electron chi connectivity index (χ0n) is 11.1. The molecule has 3 nitrogen and oxygen atoms in total. The molecule has 2 heterocycles. The van der Waals surface area contributed by atoms with Gasteiger partial charge in [0.2, 0.25) is 5.91 Å². The van der Waals surface area contributed by atoms with Crippen molar-refractivity contribution in [2.45, 2.75) is 38.5 Å². The molecule has 0 aromatic carbocycles. The van der Waals surface area contributed by atoms with Crippen molar-refractivity contribution in [1.29, 1.82) is 0 Å². The van der Waals surface area contributed by atoms with E-state index in [-0.39, 0.29) is 12.4 Å². The van der Waals surface area contributed by atoms with Crippen LogP contribution in [0.3, 0.4) is 0 Å². The molecule has 4 heteroatoms. The van der Waals surface area contributed by atoms with Gasteiger partial charge in [-0.05, 0) is 24.2 Å². The van der Waals surface area contributed by atoms with Gasteiger partial charge in [-0.25, -0.2) is 0 Å². The number of rotatable bonds is 3. The average Bonchev–Trinajstić information content (AvgIpc) is 3.01. The largest absolute Gasteiger partial charge is 0.342 e. The van der Waals surface area contributed by atoms with E-state index in [0.717, 1.165) is 56.8 Å². The van der Waals surface area contributed by atoms with Crippen LogP contribution in [0.15, 0.2) is 0 Å². The molecule has 2 saturated heterocycles.